The minimum Gasteiger partial charge on any atom is -0.478 e. The van der Waals surface area contributed by atoms with E-state index in [0.29, 0.717) is 12.2 Å². The van der Waals surface area contributed by atoms with Gasteiger partial charge < -0.3 is 10.8 Å². The van der Waals surface area contributed by atoms with E-state index in [9.17, 15) is 9.90 Å². The van der Waals surface area contributed by atoms with Crippen LogP contribution in [0.25, 0.3) is 0 Å². The van der Waals surface area contributed by atoms with Crippen LogP contribution in [-0.2, 0) is 6.54 Å². The van der Waals surface area contributed by atoms with E-state index in [1.165, 1.54) is 12.8 Å². The smallest absolute Gasteiger partial charge is 0.338 e. The first-order valence-corrected chi connectivity index (χ1v) is 6.44. The number of hydrogen-bond acceptors (Lipinski definition) is 3. The number of rotatable bonds is 4. The lowest BCUT2D eigenvalue weighted by Crippen LogP contribution is -2.22. The van der Waals surface area contributed by atoms with Crippen LogP contribution in [0.3, 0.4) is 0 Å². The van der Waals surface area contributed by atoms with E-state index in [1.54, 1.807) is 6.07 Å². The Hall–Kier alpha value is -1.55. The third-order valence-corrected chi connectivity index (χ3v) is 3.74. The molecule has 1 aromatic rings. The van der Waals surface area contributed by atoms with Crippen LogP contribution in [0.1, 0.15) is 35.7 Å². The number of carboxylic acid groups (broad SMARTS) is 1. The number of aromatic carboxylic acids is 1. The summed E-state index contributed by atoms with van der Waals surface area (Å²) in [6.45, 7) is 5.00. The fourth-order valence-corrected chi connectivity index (χ4v) is 2.64. The normalized spacial score (nSPS) is 20.2. The van der Waals surface area contributed by atoms with Crippen molar-refractivity contribution in [2.45, 2.75) is 26.3 Å². The van der Waals surface area contributed by atoms with Crippen molar-refractivity contribution < 1.29 is 9.90 Å². The highest BCUT2D eigenvalue weighted by Gasteiger charge is 2.23. The van der Waals surface area contributed by atoms with Crippen LogP contribution in [0, 0.1) is 5.92 Å². The number of carbonyl (C=O) groups is 1. The largest absolute Gasteiger partial charge is 0.478 e. The topological polar surface area (TPSA) is 66.6 Å². The monoisotopic (exact) mass is 248 g/mol. The van der Waals surface area contributed by atoms with E-state index in [1.807, 2.05) is 12.1 Å². The molecule has 1 heterocycles. The Morgan fingerprint density at radius 2 is 2.33 bits per heavy atom. The SMILES string of the molecule is CCC1CCN(Cc2cccc(N)c2C(=O)O)C1. The summed E-state index contributed by atoms with van der Waals surface area (Å²) < 4.78 is 0. The number of likely N-dealkylation sites (tertiary alicyclic amines) is 1. The fraction of sp³-hybridized carbons (Fsp3) is 0.500. The van der Waals surface area contributed by atoms with E-state index in [2.05, 4.69) is 11.8 Å². The highest BCUT2D eigenvalue weighted by molar-refractivity contribution is 5.95. The van der Waals surface area contributed by atoms with Crippen molar-refractivity contribution in [1.82, 2.24) is 4.90 Å². The highest BCUT2D eigenvalue weighted by Crippen LogP contribution is 2.24. The van der Waals surface area contributed by atoms with Crippen LogP contribution in [0.4, 0.5) is 5.69 Å². The quantitative estimate of drug-likeness (QED) is 0.802. The molecule has 3 N–H and O–H groups in total. The average molecular weight is 248 g/mol. The number of benzene rings is 1. The molecule has 2 rings (SSSR count). The summed E-state index contributed by atoms with van der Waals surface area (Å²) in [6.07, 6.45) is 2.40. The summed E-state index contributed by atoms with van der Waals surface area (Å²) in [5.41, 5.74) is 7.18. The zero-order chi connectivity index (χ0) is 13.1. The van der Waals surface area contributed by atoms with Crippen molar-refractivity contribution in [3.05, 3.63) is 29.3 Å². The zero-order valence-electron chi connectivity index (χ0n) is 10.7. The maximum atomic E-state index is 11.2. The van der Waals surface area contributed by atoms with Crippen LogP contribution >= 0.6 is 0 Å². The third-order valence-electron chi connectivity index (χ3n) is 3.74. The molecule has 0 radical (unpaired) electrons. The summed E-state index contributed by atoms with van der Waals surface area (Å²) in [5.74, 6) is -0.186. The summed E-state index contributed by atoms with van der Waals surface area (Å²) in [7, 11) is 0. The molecule has 1 aromatic carbocycles. The Morgan fingerprint density at radius 1 is 1.56 bits per heavy atom. The van der Waals surface area contributed by atoms with Crippen molar-refractivity contribution in [3.63, 3.8) is 0 Å². The van der Waals surface area contributed by atoms with Gasteiger partial charge in [0.25, 0.3) is 0 Å². The van der Waals surface area contributed by atoms with Crippen LogP contribution in [0.2, 0.25) is 0 Å². The Kier molecular flexibility index (Phi) is 3.87. The molecule has 1 saturated heterocycles. The number of hydrogen-bond donors (Lipinski definition) is 2. The molecule has 18 heavy (non-hydrogen) atoms. The van der Waals surface area contributed by atoms with Gasteiger partial charge in [0.15, 0.2) is 0 Å². The standard InChI is InChI=1S/C14H20N2O2/c1-2-10-6-7-16(8-10)9-11-4-3-5-12(15)13(11)14(17)18/h3-5,10H,2,6-9,15H2,1H3,(H,17,18). The highest BCUT2D eigenvalue weighted by atomic mass is 16.4. The summed E-state index contributed by atoms with van der Waals surface area (Å²) in [5, 5.41) is 9.22. The lowest BCUT2D eigenvalue weighted by molar-refractivity contribution is 0.0696. The van der Waals surface area contributed by atoms with Crippen LogP contribution in [-0.4, -0.2) is 29.1 Å². The molecule has 98 valence electrons. The van der Waals surface area contributed by atoms with Gasteiger partial charge in [0.2, 0.25) is 0 Å². The second-order valence-electron chi connectivity index (χ2n) is 4.98. The van der Waals surface area contributed by atoms with E-state index in [-0.39, 0.29) is 5.56 Å². The lowest BCUT2D eigenvalue weighted by atomic mass is 10.0. The summed E-state index contributed by atoms with van der Waals surface area (Å²) >= 11 is 0. The molecule has 1 aliphatic rings. The Bertz CT molecular complexity index is 445. The predicted octanol–water partition coefficient (Wildman–Crippen LogP) is 2.20. The van der Waals surface area contributed by atoms with Gasteiger partial charge in [0, 0.05) is 18.8 Å². The molecule has 4 nitrogen and oxygen atoms in total. The molecule has 1 atom stereocenters. The van der Waals surface area contributed by atoms with Crippen LogP contribution in [0.15, 0.2) is 18.2 Å². The summed E-state index contributed by atoms with van der Waals surface area (Å²) in [4.78, 5) is 13.6. The molecule has 0 amide bonds. The molecular weight excluding hydrogens is 228 g/mol. The minimum absolute atomic E-state index is 0.262. The van der Waals surface area contributed by atoms with Gasteiger partial charge in [-0.05, 0) is 30.5 Å². The number of nitrogen functional groups attached to an aromatic ring is 1. The Balaban J connectivity index is 2.15. The van der Waals surface area contributed by atoms with Gasteiger partial charge in [0.1, 0.15) is 0 Å². The van der Waals surface area contributed by atoms with Gasteiger partial charge in [-0.3, -0.25) is 4.90 Å². The first-order chi connectivity index (χ1) is 8.61. The maximum absolute atomic E-state index is 11.2. The van der Waals surface area contributed by atoms with Gasteiger partial charge in [0.05, 0.1) is 5.56 Å². The number of carboxylic acids is 1. The van der Waals surface area contributed by atoms with Gasteiger partial charge in [-0.2, -0.15) is 0 Å². The van der Waals surface area contributed by atoms with Crippen LogP contribution in [0.5, 0.6) is 0 Å². The first kappa shape index (κ1) is 12.9. The molecule has 0 aromatic heterocycles. The van der Waals surface area contributed by atoms with Gasteiger partial charge >= 0.3 is 5.97 Å². The molecule has 0 bridgehead atoms. The molecule has 0 aliphatic carbocycles. The molecule has 0 spiro atoms. The van der Waals surface area contributed by atoms with Gasteiger partial charge in [-0.25, -0.2) is 4.79 Å². The second kappa shape index (κ2) is 5.40. The molecular formula is C14H20N2O2. The predicted molar refractivity (Wildman–Crippen MR) is 71.5 cm³/mol. The molecule has 1 unspecified atom stereocenters. The number of anilines is 1. The van der Waals surface area contributed by atoms with Gasteiger partial charge in [-0.15, -0.1) is 0 Å². The minimum atomic E-state index is -0.936. The summed E-state index contributed by atoms with van der Waals surface area (Å²) in [6, 6.07) is 5.33. The third kappa shape index (κ3) is 2.64. The first-order valence-electron chi connectivity index (χ1n) is 6.44. The van der Waals surface area contributed by atoms with Crippen molar-refractivity contribution in [3.8, 4) is 0 Å². The molecule has 4 heteroatoms. The molecule has 1 fully saturated rings. The van der Waals surface area contributed by atoms with E-state index in [0.717, 1.165) is 24.6 Å². The zero-order valence-corrected chi connectivity index (χ0v) is 10.7. The number of nitrogens with zero attached hydrogens (tertiary/aromatic N) is 1. The second-order valence-corrected chi connectivity index (χ2v) is 4.98. The Labute approximate surface area is 107 Å². The van der Waals surface area contributed by atoms with Gasteiger partial charge in [-0.1, -0.05) is 25.5 Å². The van der Waals surface area contributed by atoms with Crippen molar-refractivity contribution in [2.75, 3.05) is 18.8 Å². The van der Waals surface area contributed by atoms with E-state index < -0.39 is 5.97 Å². The fourth-order valence-electron chi connectivity index (χ4n) is 2.64. The van der Waals surface area contributed by atoms with Crippen LogP contribution < -0.4 is 5.73 Å². The lowest BCUT2D eigenvalue weighted by Gasteiger charge is -2.17. The van der Waals surface area contributed by atoms with Crippen molar-refractivity contribution in [2.24, 2.45) is 5.92 Å². The molecule has 0 saturated carbocycles. The molecule has 1 aliphatic heterocycles. The van der Waals surface area contributed by atoms with Crippen molar-refractivity contribution >= 4 is 11.7 Å². The number of nitrogens with two attached hydrogens (primary N) is 1. The van der Waals surface area contributed by atoms with E-state index >= 15 is 0 Å². The maximum Gasteiger partial charge on any atom is 0.338 e. The van der Waals surface area contributed by atoms with E-state index in [4.69, 9.17) is 5.73 Å². The average Bonchev–Trinajstić information content (AvgIpc) is 2.76. The van der Waals surface area contributed by atoms with Crippen molar-refractivity contribution in [1.29, 1.82) is 0 Å². The Morgan fingerprint density at radius 3 is 2.94 bits per heavy atom.